The van der Waals surface area contributed by atoms with Crippen molar-refractivity contribution < 1.29 is 4.79 Å². The SMILES string of the molecule is CC1CCCN(C(=O)CC2CC2)C1.N#Cc1cccc2cccnc12. The molecule has 1 aliphatic carbocycles. The number of amides is 1. The summed E-state index contributed by atoms with van der Waals surface area (Å²) in [5.41, 5.74) is 1.41. The molecule has 1 saturated heterocycles. The van der Waals surface area contributed by atoms with Crippen molar-refractivity contribution in [2.75, 3.05) is 13.1 Å². The zero-order chi connectivity index (χ0) is 17.6. The lowest BCUT2D eigenvalue weighted by Crippen LogP contribution is -2.39. The quantitative estimate of drug-likeness (QED) is 0.828. The first-order valence-corrected chi connectivity index (χ1v) is 9.19. The number of fused-ring (bicyclic) bond motifs is 1. The van der Waals surface area contributed by atoms with E-state index in [1.807, 2.05) is 24.3 Å². The van der Waals surface area contributed by atoms with E-state index >= 15 is 0 Å². The summed E-state index contributed by atoms with van der Waals surface area (Å²) in [5.74, 6) is 1.87. The van der Waals surface area contributed by atoms with Crippen molar-refractivity contribution in [3.63, 3.8) is 0 Å². The highest BCUT2D eigenvalue weighted by Crippen LogP contribution is 2.33. The van der Waals surface area contributed by atoms with Gasteiger partial charge in [-0.15, -0.1) is 0 Å². The summed E-state index contributed by atoms with van der Waals surface area (Å²) in [6.07, 6.45) is 7.60. The lowest BCUT2D eigenvalue weighted by atomic mass is 10.00. The van der Waals surface area contributed by atoms with Crippen LogP contribution in [0, 0.1) is 23.2 Å². The van der Waals surface area contributed by atoms with Gasteiger partial charge in [-0.3, -0.25) is 9.78 Å². The summed E-state index contributed by atoms with van der Waals surface area (Å²) >= 11 is 0. The van der Waals surface area contributed by atoms with Crippen LogP contribution in [0.3, 0.4) is 0 Å². The maximum absolute atomic E-state index is 11.7. The molecule has 1 unspecified atom stereocenters. The Bertz CT molecular complexity index is 771. The lowest BCUT2D eigenvalue weighted by molar-refractivity contribution is -0.133. The summed E-state index contributed by atoms with van der Waals surface area (Å²) in [6.45, 7) is 4.26. The summed E-state index contributed by atoms with van der Waals surface area (Å²) < 4.78 is 0. The van der Waals surface area contributed by atoms with Crippen LogP contribution in [-0.4, -0.2) is 28.9 Å². The minimum absolute atomic E-state index is 0.411. The van der Waals surface area contributed by atoms with Gasteiger partial charge in [0.2, 0.25) is 5.91 Å². The van der Waals surface area contributed by atoms with Crippen LogP contribution in [0.5, 0.6) is 0 Å². The second-order valence-corrected chi connectivity index (χ2v) is 7.23. The molecule has 2 fully saturated rings. The normalized spacial score (nSPS) is 19.7. The smallest absolute Gasteiger partial charge is 0.222 e. The fourth-order valence-electron chi connectivity index (χ4n) is 3.31. The highest BCUT2D eigenvalue weighted by atomic mass is 16.2. The predicted octanol–water partition coefficient (Wildman–Crippen LogP) is 4.15. The zero-order valence-corrected chi connectivity index (χ0v) is 14.8. The van der Waals surface area contributed by atoms with E-state index in [0.717, 1.165) is 42.2 Å². The number of likely N-dealkylation sites (tertiary alicyclic amines) is 1. The highest BCUT2D eigenvalue weighted by Gasteiger charge is 2.28. The maximum Gasteiger partial charge on any atom is 0.222 e. The van der Waals surface area contributed by atoms with Gasteiger partial charge in [0.05, 0.1) is 11.1 Å². The predicted molar refractivity (Wildman–Crippen MR) is 98.8 cm³/mol. The minimum Gasteiger partial charge on any atom is -0.342 e. The van der Waals surface area contributed by atoms with Crippen LogP contribution in [0.25, 0.3) is 10.9 Å². The summed E-state index contributed by atoms with van der Waals surface area (Å²) in [6, 6.07) is 11.5. The fourth-order valence-corrected chi connectivity index (χ4v) is 3.31. The van der Waals surface area contributed by atoms with Gasteiger partial charge in [0.15, 0.2) is 0 Å². The summed E-state index contributed by atoms with van der Waals surface area (Å²) in [4.78, 5) is 17.9. The third-order valence-corrected chi connectivity index (χ3v) is 4.92. The van der Waals surface area contributed by atoms with Crippen molar-refractivity contribution in [2.24, 2.45) is 11.8 Å². The number of carbonyl (C=O) groups is 1. The van der Waals surface area contributed by atoms with E-state index < -0.39 is 0 Å². The molecule has 1 atom stereocenters. The third kappa shape index (κ3) is 4.79. The minimum atomic E-state index is 0.411. The van der Waals surface area contributed by atoms with E-state index in [-0.39, 0.29) is 0 Å². The number of aromatic nitrogens is 1. The molecule has 2 aliphatic rings. The first kappa shape index (κ1) is 17.4. The Hall–Kier alpha value is -2.41. The fraction of sp³-hybridized carbons (Fsp3) is 0.476. The monoisotopic (exact) mass is 335 g/mol. The van der Waals surface area contributed by atoms with Gasteiger partial charge < -0.3 is 4.90 Å². The molecule has 1 aromatic heterocycles. The topological polar surface area (TPSA) is 57.0 Å². The van der Waals surface area contributed by atoms with Crippen molar-refractivity contribution >= 4 is 16.8 Å². The van der Waals surface area contributed by atoms with Gasteiger partial charge in [-0.1, -0.05) is 25.1 Å². The number of hydrogen-bond acceptors (Lipinski definition) is 3. The number of nitrogens with zero attached hydrogens (tertiary/aromatic N) is 3. The van der Waals surface area contributed by atoms with Crippen molar-refractivity contribution in [3.05, 3.63) is 42.1 Å². The van der Waals surface area contributed by atoms with Gasteiger partial charge in [0.1, 0.15) is 6.07 Å². The molecular weight excluding hydrogens is 310 g/mol. The number of hydrogen-bond donors (Lipinski definition) is 0. The van der Waals surface area contributed by atoms with E-state index in [9.17, 15) is 4.79 Å². The number of benzene rings is 1. The molecule has 2 heterocycles. The molecule has 0 spiro atoms. The maximum atomic E-state index is 11.7. The Morgan fingerprint density at radius 1 is 1.28 bits per heavy atom. The van der Waals surface area contributed by atoms with E-state index in [1.54, 1.807) is 12.3 Å². The Morgan fingerprint density at radius 2 is 2.08 bits per heavy atom. The van der Waals surface area contributed by atoms with Crippen molar-refractivity contribution in [1.82, 2.24) is 9.88 Å². The average Bonchev–Trinajstić information content (AvgIpc) is 3.46. The first-order chi connectivity index (χ1) is 12.2. The van der Waals surface area contributed by atoms with Gasteiger partial charge in [-0.05, 0) is 49.7 Å². The number of pyridine rings is 1. The van der Waals surface area contributed by atoms with E-state index in [1.165, 1.54) is 25.7 Å². The van der Waals surface area contributed by atoms with Gasteiger partial charge in [0, 0.05) is 31.1 Å². The van der Waals surface area contributed by atoms with Gasteiger partial charge in [0.25, 0.3) is 0 Å². The van der Waals surface area contributed by atoms with Crippen LogP contribution in [0.2, 0.25) is 0 Å². The average molecular weight is 335 g/mol. The standard InChI is InChI=1S/C11H19NO.C10H6N2/c1-9-3-2-6-12(8-9)11(13)7-10-4-5-10;11-7-9-4-1-3-8-5-2-6-12-10(8)9/h9-10H,2-8H2,1H3;1-6H. The Morgan fingerprint density at radius 3 is 2.80 bits per heavy atom. The van der Waals surface area contributed by atoms with Crippen molar-refractivity contribution in [2.45, 2.75) is 39.0 Å². The molecule has 0 N–H and O–H groups in total. The molecule has 4 nitrogen and oxygen atoms in total. The van der Waals surface area contributed by atoms with Crippen molar-refractivity contribution in [3.8, 4) is 6.07 Å². The third-order valence-electron chi connectivity index (χ3n) is 4.92. The largest absolute Gasteiger partial charge is 0.342 e. The van der Waals surface area contributed by atoms with Crippen LogP contribution >= 0.6 is 0 Å². The number of piperidine rings is 1. The molecule has 25 heavy (non-hydrogen) atoms. The molecule has 0 bridgehead atoms. The van der Waals surface area contributed by atoms with E-state index in [2.05, 4.69) is 22.9 Å². The number of para-hydroxylation sites is 1. The second kappa shape index (κ2) is 8.11. The van der Waals surface area contributed by atoms with Gasteiger partial charge >= 0.3 is 0 Å². The molecule has 1 aromatic carbocycles. The summed E-state index contributed by atoms with van der Waals surface area (Å²) in [7, 11) is 0. The Labute approximate surface area is 149 Å². The molecule has 1 amide bonds. The second-order valence-electron chi connectivity index (χ2n) is 7.23. The molecule has 2 aromatic rings. The van der Waals surface area contributed by atoms with Crippen LogP contribution in [0.1, 0.15) is 44.6 Å². The first-order valence-electron chi connectivity index (χ1n) is 9.19. The van der Waals surface area contributed by atoms with E-state index in [0.29, 0.717) is 11.5 Å². The molecule has 1 aliphatic heterocycles. The number of nitriles is 1. The van der Waals surface area contributed by atoms with Crippen LogP contribution in [-0.2, 0) is 4.79 Å². The number of rotatable bonds is 2. The molecule has 4 rings (SSSR count). The molecular formula is C21H25N3O. The van der Waals surface area contributed by atoms with Crippen LogP contribution < -0.4 is 0 Å². The molecule has 130 valence electrons. The molecule has 1 saturated carbocycles. The lowest BCUT2D eigenvalue weighted by Gasteiger charge is -2.31. The molecule has 0 radical (unpaired) electrons. The number of carbonyl (C=O) groups excluding carboxylic acids is 1. The van der Waals surface area contributed by atoms with E-state index in [4.69, 9.17) is 5.26 Å². The summed E-state index contributed by atoms with van der Waals surface area (Å²) in [5, 5.41) is 9.76. The molecule has 4 heteroatoms. The van der Waals surface area contributed by atoms with Crippen LogP contribution in [0.15, 0.2) is 36.5 Å². The Kier molecular flexibility index (Phi) is 5.65. The van der Waals surface area contributed by atoms with Crippen molar-refractivity contribution in [1.29, 1.82) is 5.26 Å². The van der Waals surface area contributed by atoms with Crippen LogP contribution in [0.4, 0.5) is 0 Å². The Balaban J connectivity index is 0.000000146. The highest BCUT2D eigenvalue weighted by molar-refractivity contribution is 5.83. The zero-order valence-electron chi connectivity index (χ0n) is 14.8. The van der Waals surface area contributed by atoms with Gasteiger partial charge in [-0.25, -0.2) is 0 Å². The van der Waals surface area contributed by atoms with Gasteiger partial charge in [-0.2, -0.15) is 5.26 Å².